The summed E-state index contributed by atoms with van der Waals surface area (Å²) in [5, 5.41) is -0.140. The van der Waals surface area contributed by atoms with Gasteiger partial charge in [0.15, 0.2) is 5.65 Å². The molecule has 0 aliphatic rings. The number of nitrogens with zero attached hydrogens (tertiary/aromatic N) is 3. The summed E-state index contributed by atoms with van der Waals surface area (Å²) in [6, 6.07) is 1.97. The summed E-state index contributed by atoms with van der Waals surface area (Å²) in [5.74, 6) is 0.863. The van der Waals surface area contributed by atoms with Gasteiger partial charge >= 0.3 is 0 Å². The van der Waals surface area contributed by atoms with Crippen molar-refractivity contribution in [1.29, 1.82) is 0 Å². The third-order valence-electron chi connectivity index (χ3n) is 3.32. The van der Waals surface area contributed by atoms with Gasteiger partial charge in [0.05, 0.1) is 12.0 Å². The maximum Gasteiger partial charge on any atom is 0.160 e. The van der Waals surface area contributed by atoms with Crippen LogP contribution in [-0.2, 0) is 11.3 Å². The van der Waals surface area contributed by atoms with E-state index < -0.39 is 0 Å². The summed E-state index contributed by atoms with van der Waals surface area (Å²) in [7, 11) is 0. The van der Waals surface area contributed by atoms with Crippen molar-refractivity contribution in [2.75, 3.05) is 13.2 Å². The summed E-state index contributed by atoms with van der Waals surface area (Å²) in [5.41, 5.74) is 2.95. The topological polar surface area (TPSA) is 39.9 Å². The molecule has 0 saturated heterocycles. The van der Waals surface area contributed by atoms with Crippen molar-refractivity contribution in [1.82, 2.24) is 14.5 Å². The second-order valence-corrected chi connectivity index (χ2v) is 5.66. The van der Waals surface area contributed by atoms with Crippen molar-refractivity contribution >= 4 is 22.8 Å². The number of ether oxygens (including phenoxy) is 1. The van der Waals surface area contributed by atoms with Crippen LogP contribution in [0.4, 0.5) is 0 Å². The molecule has 0 aromatic carbocycles. The Labute approximate surface area is 125 Å². The van der Waals surface area contributed by atoms with Crippen molar-refractivity contribution in [3.8, 4) is 0 Å². The number of aromatic nitrogens is 3. The number of fused-ring (bicyclic) bond motifs is 1. The molecule has 110 valence electrons. The monoisotopic (exact) mass is 295 g/mol. The quantitative estimate of drug-likeness (QED) is 0.575. The van der Waals surface area contributed by atoms with Gasteiger partial charge in [0, 0.05) is 19.3 Å². The summed E-state index contributed by atoms with van der Waals surface area (Å²) < 4.78 is 7.72. The van der Waals surface area contributed by atoms with Crippen LogP contribution >= 0.6 is 11.6 Å². The molecule has 0 bridgehead atoms. The molecular weight excluding hydrogens is 274 g/mol. The van der Waals surface area contributed by atoms with E-state index in [9.17, 15) is 0 Å². The Kier molecular flexibility index (Phi) is 5.38. The van der Waals surface area contributed by atoms with E-state index in [2.05, 4.69) is 21.5 Å². The normalized spacial score (nSPS) is 13.0. The van der Waals surface area contributed by atoms with Crippen molar-refractivity contribution in [3.05, 3.63) is 23.7 Å². The molecule has 0 fully saturated rings. The molecule has 20 heavy (non-hydrogen) atoms. The minimum absolute atomic E-state index is 0.140. The van der Waals surface area contributed by atoms with E-state index >= 15 is 0 Å². The fraction of sp³-hybridized carbons (Fsp3) is 0.600. The second kappa shape index (κ2) is 7.04. The van der Waals surface area contributed by atoms with Gasteiger partial charge in [0.1, 0.15) is 11.3 Å². The number of rotatable bonds is 7. The minimum Gasteiger partial charge on any atom is -0.380 e. The number of halogens is 1. The first-order valence-corrected chi connectivity index (χ1v) is 7.62. The summed E-state index contributed by atoms with van der Waals surface area (Å²) in [6.07, 6.45) is 4.07. The van der Waals surface area contributed by atoms with Crippen molar-refractivity contribution < 1.29 is 4.74 Å². The van der Waals surface area contributed by atoms with Crippen LogP contribution in [0.5, 0.6) is 0 Å². The lowest BCUT2D eigenvalue weighted by atomic mass is 10.3. The van der Waals surface area contributed by atoms with Crippen LogP contribution in [0.3, 0.4) is 0 Å². The first-order valence-electron chi connectivity index (χ1n) is 7.18. The van der Waals surface area contributed by atoms with E-state index in [-0.39, 0.29) is 5.38 Å². The Morgan fingerprint density at radius 1 is 1.40 bits per heavy atom. The van der Waals surface area contributed by atoms with Gasteiger partial charge in [0.25, 0.3) is 0 Å². The molecule has 2 aromatic rings. The highest BCUT2D eigenvalue weighted by molar-refractivity contribution is 6.20. The van der Waals surface area contributed by atoms with Crippen LogP contribution in [0.1, 0.15) is 43.5 Å². The van der Waals surface area contributed by atoms with E-state index in [1.807, 2.05) is 26.1 Å². The predicted molar refractivity (Wildman–Crippen MR) is 82.3 cm³/mol. The summed E-state index contributed by atoms with van der Waals surface area (Å²) in [6.45, 7) is 8.35. The molecule has 2 rings (SSSR count). The smallest absolute Gasteiger partial charge is 0.160 e. The van der Waals surface area contributed by atoms with Crippen LogP contribution in [0.25, 0.3) is 11.2 Å². The molecule has 0 N–H and O–H groups in total. The Morgan fingerprint density at radius 2 is 2.20 bits per heavy atom. The Bertz CT molecular complexity index is 565. The zero-order valence-corrected chi connectivity index (χ0v) is 13.2. The molecule has 0 aliphatic heterocycles. The zero-order valence-electron chi connectivity index (χ0n) is 12.4. The molecule has 0 radical (unpaired) electrons. The largest absolute Gasteiger partial charge is 0.380 e. The zero-order chi connectivity index (χ0) is 14.5. The fourth-order valence-electron chi connectivity index (χ4n) is 2.18. The maximum absolute atomic E-state index is 6.24. The van der Waals surface area contributed by atoms with Crippen LogP contribution in [0.2, 0.25) is 0 Å². The third-order valence-corrected chi connectivity index (χ3v) is 3.52. The molecule has 2 heterocycles. The van der Waals surface area contributed by atoms with E-state index in [0.29, 0.717) is 6.61 Å². The average molecular weight is 296 g/mol. The van der Waals surface area contributed by atoms with Crippen LogP contribution in [0.15, 0.2) is 12.3 Å². The van der Waals surface area contributed by atoms with Gasteiger partial charge < -0.3 is 9.30 Å². The molecule has 1 unspecified atom stereocenters. The highest BCUT2D eigenvalue weighted by Gasteiger charge is 2.16. The maximum atomic E-state index is 6.24. The van der Waals surface area contributed by atoms with Gasteiger partial charge in [0.2, 0.25) is 0 Å². The highest BCUT2D eigenvalue weighted by atomic mass is 35.5. The number of hydrogen-bond donors (Lipinski definition) is 0. The van der Waals surface area contributed by atoms with E-state index in [1.54, 1.807) is 0 Å². The van der Waals surface area contributed by atoms with Crippen molar-refractivity contribution in [2.24, 2.45) is 0 Å². The molecule has 0 saturated carbocycles. The molecule has 2 aromatic heterocycles. The fourth-order valence-corrected chi connectivity index (χ4v) is 2.35. The summed E-state index contributed by atoms with van der Waals surface area (Å²) in [4.78, 5) is 9.09. The standard InChI is InChI=1S/C15H22ClN3O/c1-4-5-9-20-10-8-19-14(12(3)16)18-13-11(2)6-7-17-15(13)19/h6-7,12H,4-5,8-10H2,1-3H3. The summed E-state index contributed by atoms with van der Waals surface area (Å²) >= 11 is 6.24. The predicted octanol–water partition coefficient (Wildman–Crippen LogP) is 3.86. The number of pyridine rings is 1. The van der Waals surface area contributed by atoms with Crippen molar-refractivity contribution in [3.63, 3.8) is 0 Å². The highest BCUT2D eigenvalue weighted by Crippen LogP contribution is 2.24. The van der Waals surface area contributed by atoms with Gasteiger partial charge in [-0.3, -0.25) is 0 Å². The molecule has 0 amide bonds. The molecule has 4 nitrogen and oxygen atoms in total. The first kappa shape index (κ1) is 15.3. The second-order valence-electron chi connectivity index (χ2n) is 5.00. The van der Waals surface area contributed by atoms with Gasteiger partial charge in [-0.2, -0.15) is 0 Å². The van der Waals surface area contributed by atoms with Gasteiger partial charge in [-0.1, -0.05) is 13.3 Å². The number of hydrogen-bond acceptors (Lipinski definition) is 3. The molecule has 1 atom stereocenters. The van der Waals surface area contributed by atoms with Gasteiger partial charge in [-0.15, -0.1) is 11.6 Å². The number of aryl methyl sites for hydroxylation is 1. The SMILES string of the molecule is CCCCOCCn1c(C(C)Cl)nc2c(C)ccnc21. The van der Waals surface area contributed by atoms with E-state index in [4.69, 9.17) is 16.3 Å². The average Bonchev–Trinajstić information content (AvgIpc) is 2.79. The molecule has 5 heteroatoms. The number of alkyl halides is 1. The Balaban J connectivity index is 2.21. The van der Waals surface area contributed by atoms with Crippen LogP contribution < -0.4 is 0 Å². The minimum atomic E-state index is -0.140. The lowest BCUT2D eigenvalue weighted by Crippen LogP contribution is -2.11. The van der Waals surface area contributed by atoms with Gasteiger partial charge in [-0.25, -0.2) is 9.97 Å². The first-order chi connectivity index (χ1) is 9.65. The lowest BCUT2D eigenvalue weighted by molar-refractivity contribution is 0.123. The van der Waals surface area contributed by atoms with Crippen LogP contribution in [0, 0.1) is 6.92 Å². The van der Waals surface area contributed by atoms with Crippen molar-refractivity contribution in [2.45, 2.75) is 45.5 Å². The Hall–Kier alpha value is -1.13. The molecule has 0 spiro atoms. The lowest BCUT2D eigenvalue weighted by Gasteiger charge is -2.10. The van der Waals surface area contributed by atoms with Gasteiger partial charge in [-0.05, 0) is 31.9 Å². The molecular formula is C15H22ClN3O. The van der Waals surface area contributed by atoms with E-state index in [1.165, 1.54) is 0 Å². The van der Waals surface area contributed by atoms with Crippen LogP contribution in [-0.4, -0.2) is 27.7 Å². The number of unbranched alkanes of at least 4 members (excludes halogenated alkanes) is 1. The number of imidazole rings is 1. The third kappa shape index (κ3) is 3.30. The molecule has 0 aliphatic carbocycles. The van der Waals surface area contributed by atoms with E-state index in [0.717, 1.165) is 48.5 Å². The Morgan fingerprint density at radius 3 is 2.90 bits per heavy atom.